The normalized spacial score (nSPS) is 15.7. The Kier molecular flexibility index (Phi) is 3.78. The Labute approximate surface area is 139 Å². The Balaban J connectivity index is 1.52. The molecule has 3 aromatic rings. The van der Waals surface area contributed by atoms with Crippen molar-refractivity contribution < 1.29 is 4.79 Å². The van der Waals surface area contributed by atoms with Crippen molar-refractivity contribution in [3.8, 4) is 0 Å². The van der Waals surface area contributed by atoms with Gasteiger partial charge in [0.05, 0.1) is 17.8 Å². The van der Waals surface area contributed by atoms with Crippen molar-refractivity contribution in [2.45, 2.75) is 25.8 Å². The fourth-order valence-corrected chi connectivity index (χ4v) is 3.15. The molecule has 0 unspecified atom stereocenters. The van der Waals surface area contributed by atoms with Crippen LogP contribution in [0.25, 0.3) is 10.9 Å². The smallest absolute Gasteiger partial charge is 0.276 e. The highest BCUT2D eigenvalue weighted by molar-refractivity contribution is 6.04. The number of carbonyl (C=O) groups is 1. The van der Waals surface area contributed by atoms with Gasteiger partial charge in [-0.05, 0) is 56.6 Å². The third-order valence-electron chi connectivity index (χ3n) is 4.56. The zero-order chi connectivity index (χ0) is 16.5. The van der Waals surface area contributed by atoms with Crippen LogP contribution in [0.5, 0.6) is 0 Å². The number of aryl methyl sites for hydroxylation is 1. The molecule has 7 nitrogen and oxygen atoms in total. The summed E-state index contributed by atoms with van der Waals surface area (Å²) in [4.78, 5) is 12.5. The summed E-state index contributed by atoms with van der Waals surface area (Å²) in [5, 5.41) is 18.7. The molecule has 3 heterocycles. The van der Waals surface area contributed by atoms with E-state index in [-0.39, 0.29) is 5.91 Å². The molecular weight excluding hydrogens is 304 g/mol. The third-order valence-corrected chi connectivity index (χ3v) is 4.56. The zero-order valence-electron chi connectivity index (χ0n) is 13.5. The van der Waals surface area contributed by atoms with Gasteiger partial charge >= 0.3 is 0 Å². The first-order valence-corrected chi connectivity index (χ1v) is 8.21. The molecule has 1 aliphatic heterocycles. The summed E-state index contributed by atoms with van der Waals surface area (Å²) in [6.07, 6.45) is 5.73. The Morgan fingerprint density at radius 1 is 1.33 bits per heavy atom. The monoisotopic (exact) mass is 324 g/mol. The average Bonchev–Trinajstić information content (AvgIpc) is 3.25. The molecule has 1 aliphatic rings. The largest absolute Gasteiger partial charge is 0.320 e. The van der Waals surface area contributed by atoms with Crippen LogP contribution in [0.15, 0.2) is 30.6 Å². The molecule has 0 saturated carbocycles. The van der Waals surface area contributed by atoms with Crippen molar-refractivity contribution in [1.29, 1.82) is 0 Å². The zero-order valence-corrected chi connectivity index (χ0v) is 13.5. The van der Waals surface area contributed by atoms with Crippen LogP contribution in [-0.4, -0.2) is 39.0 Å². The lowest BCUT2D eigenvalue weighted by atomic mass is 10.1. The van der Waals surface area contributed by atoms with Crippen molar-refractivity contribution in [3.05, 3.63) is 41.9 Å². The maximum absolute atomic E-state index is 12.5. The molecule has 0 aliphatic carbocycles. The number of benzene rings is 1. The van der Waals surface area contributed by atoms with Crippen molar-refractivity contribution >= 4 is 22.5 Å². The molecule has 0 radical (unpaired) electrons. The molecule has 124 valence electrons. The minimum absolute atomic E-state index is 0.186. The number of aromatic nitrogens is 4. The second kappa shape index (κ2) is 6.09. The predicted octanol–water partition coefficient (Wildman–Crippen LogP) is 2.24. The number of fused-ring (bicyclic) bond motifs is 1. The van der Waals surface area contributed by atoms with Gasteiger partial charge in [-0.15, -0.1) is 0 Å². The van der Waals surface area contributed by atoms with E-state index in [2.05, 4.69) is 25.9 Å². The topological polar surface area (TPSA) is 87.6 Å². The number of anilines is 1. The molecule has 24 heavy (non-hydrogen) atoms. The Bertz CT molecular complexity index is 874. The second-order valence-electron chi connectivity index (χ2n) is 6.24. The van der Waals surface area contributed by atoms with Crippen molar-refractivity contribution in [2.75, 3.05) is 18.4 Å². The number of hydrogen-bond acceptors (Lipinski definition) is 4. The number of piperidine rings is 1. The molecule has 3 N–H and O–H groups in total. The first-order chi connectivity index (χ1) is 11.7. The van der Waals surface area contributed by atoms with E-state index in [0.717, 1.165) is 48.1 Å². The van der Waals surface area contributed by atoms with E-state index in [4.69, 9.17) is 0 Å². The average molecular weight is 324 g/mol. The Morgan fingerprint density at radius 3 is 3.00 bits per heavy atom. The van der Waals surface area contributed by atoms with Gasteiger partial charge in [0, 0.05) is 17.3 Å². The number of aromatic amines is 1. The van der Waals surface area contributed by atoms with E-state index < -0.39 is 0 Å². The summed E-state index contributed by atoms with van der Waals surface area (Å²) >= 11 is 0. The van der Waals surface area contributed by atoms with Crippen LogP contribution < -0.4 is 10.6 Å². The molecule has 0 spiro atoms. The molecule has 0 bridgehead atoms. The van der Waals surface area contributed by atoms with E-state index in [1.54, 1.807) is 12.3 Å². The van der Waals surface area contributed by atoms with Gasteiger partial charge in [-0.1, -0.05) is 0 Å². The fourth-order valence-electron chi connectivity index (χ4n) is 3.15. The standard InChI is InChI=1S/C17H20N6O/c1-11-8-16-12(10-19-21-16)9-15(11)20-17(24)14-4-7-23(22-14)13-2-5-18-6-3-13/h4,7-10,13,18H,2-3,5-6H2,1H3,(H,19,21)(H,20,24). The molecular formula is C17H20N6O. The summed E-state index contributed by atoms with van der Waals surface area (Å²) < 4.78 is 1.92. The first-order valence-electron chi connectivity index (χ1n) is 8.21. The summed E-state index contributed by atoms with van der Waals surface area (Å²) in [5.74, 6) is -0.186. The summed E-state index contributed by atoms with van der Waals surface area (Å²) in [6, 6.07) is 6.06. The molecule has 1 saturated heterocycles. The highest BCUT2D eigenvalue weighted by Crippen LogP contribution is 2.23. The van der Waals surface area contributed by atoms with E-state index in [1.807, 2.05) is 29.9 Å². The fraction of sp³-hybridized carbons (Fsp3) is 0.353. The van der Waals surface area contributed by atoms with Gasteiger partial charge in [0.1, 0.15) is 0 Å². The molecule has 1 fully saturated rings. The lowest BCUT2D eigenvalue weighted by Crippen LogP contribution is -2.29. The van der Waals surface area contributed by atoms with Gasteiger partial charge in [0.2, 0.25) is 0 Å². The molecule has 0 atom stereocenters. The van der Waals surface area contributed by atoms with Crippen LogP contribution in [0.4, 0.5) is 5.69 Å². The second-order valence-corrected chi connectivity index (χ2v) is 6.24. The highest BCUT2D eigenvalue weighted by Gasteiger charge is 2.18. The number of nitrogens with zero attached hydrogens (tertiary/aromatic N) is 3. The van der Waals surface area contributed by atoms with Crippen molar-refractivity contribution in [1.82, 2.24) is 25.3 Å². The van der Waals surface area contributed by atoms with E-state index >= 15 is 0 Å². The lowest BCUT2D eigenvalue weighted by molar-refractivity contribution is 0.102. The minimum atomic E-state index is -0.186. The SMILES string of the molecule is Cc1cc2[nH]ncc2cc1NC(=O)c1ccn(C2CCNCC2)n1. The van der Waals surface area contributed by atoms with Crippen LogP contribution in [-0.2, 0) is 0 Å². The van der Waals surface area contributed by atoms with Gasteiger partial charge in [-0.25, -0.2) is 0 Å². The van der Waals surface area contributed by atoms with E-state index in [1.165, 1.54) is 0 Å². The van der Waals surface area contributed by atoms with Crippen LogP contribution in [0.2, 0.25) is 0 Å². The lowest BCUT2D eigenvalue weighted by Gasteiger charge is -2.22. The summed E-state index contributed by atoms with van der Waals surface area (Å²) in [6.45, 7) is 3.95. The van der Waals surface area contributed by atoms with Gasteiger partial charge < -0.3 is 10.6 Å². The van der Waals surface area contributed by atoms with Crippen LogP contribution >= 0.6 is 0 Å². The summed E-state index contributed by atoms with van der Waals surface area (Å²) in [7, 11) is 0. The number of nitrogens with one attached hydrogen (secondary N) is 3. The highest BCUT2D eigenvalue weighted by atomic mass is 16.1. The third kappa shape index (κ3) is 2.78. The van der Waals surface area contributed by atoms with Gasteiger partial charge in [0.25, 0.3) is 5.91 Å². The van der Waals surface area contributed by atoms with Crippen molar-refractivity contribution in [3.63, 3.8) is 0 Å². The number of rotatable bonds is 3. The van der Waals surface area contributed by atoms with Gasteiger partial charge in [-0.2, -0.15) is 10.2 Å². The Morgan fingerprint density at radius 2 is 2.17 bits per heavy atom. The first kappa shape index (κ1) is 14.9. The number of hydrogen-bond donors (Lipinski definition) is 3. The van der Waals surface area contributed by atoms with Crippen LogP contribution in [0.3, 0.4) is 0 Å². The van der Waals surface area contributed by atoms with Gasteiger partial charge in [0.15, 0.2) is 5.69 Å². The number of carbonyl (C=O) groups excluding carboxylic acids is 1. The van der Waals surface area contributed by atoms with Gasteiger partial charge in [-0.3, -0.25) is 14.6 Å². The maximum atomic E-state index is 12.5. The molecule has 7 heteroatoms. The molecule has 1 aromatic carbocycles. The van der Waals surface area contributed by atoms with E-state index in [0.29, 0.717) is 11.7 Å². The molecule has 1 amide bonds. The molecule has 4 rings (SSSR count). The van der Waals surface area contributed by atoms with Crippen LogP contribution in [0, 0.1) is 6.92 Å². The quantitative estimate of drug-likeness (QED) is 0.689. The number of H-pyrrole nitrogens is 1. The minimum Gasteiger partial charge on any atom is -0.320 e. The predicted molar refractivity (Wildman–Crippen MR) is 92.2 cm³/mol. The Hall–Kier alpha value is -2.67. The van der Waals surface area contributed by atoms with Crippen LogP contribution in [0.1, 0.15) is 34.9 Å². The van der Waals surface area contributed by atoms with E-state index in [9.17, 15) is 4.79 Å². The maximum Gasteiger partial charge on any atom is 0.276 e. The number of amides is 1. The summed E-state index contributed by atoms with van der Waals surface area (Å²) in [5.41, 5.74) is 3.17. The van der Waals surface area contributed by atoms with Crippen molar-refractivity contribution in [2.24, 2.45) is 0 Å². The molecule has 2 aromatic heterocycles.